The van der Waals surface area contributed by atoms with Crippen LogP contribution < -0.4 is 0 Å². The molecule has 0 aliphatic heterocycles. The van der Waals surface area contributed by atoms with Crippen molar-refractivity contribution in [3.05, 3.63) is 83.9 Å². The first-order valence-electron chi connectivity index (χ1n) is 8.23. The summed E-state index contributed by atoms with van der Waals surface area (Å²) in [5.41, 5.74) is 5.69. The van der Waals surface area contributed by atoms with E-state index in [9.17, 15) is 0 Å². The number of hydrogen-bond acceptors (Lipinski definition) is 0. The molecule has 0 unspecified atom stereocenters. The summed E-state index contributed by atoms with van der Waals surface area (Å²) in [4.78, 5) is 0. The van der Waals surface area contributed by atoms with Gasteiger partial charge in [-0.3, -0.25) is 0 Å². The Morgan fingerprint density at radius 3 is 2.22 bits per heavy atom. The first-order valence-corrected chi connectivity index (χ1v) is 8.23. The molecule has 0 heteroatoms. The van der Waals surface area contributed by atoms with Gasteiger partial charge in [0, 0.05) is 5.41 Å². The van der Waals surface area contributed by atoms with Crippen LogP contribution in [-0.4, -0.2) is 0 Å². The van der Waals surface area contributed by atoms with Gasteiger partial charge in [-0.1, -0.05) is 86.6 Å². The zero-order chi connectivity index (χ0) is 15.6. The number of hydrogen-bond donors (Lipinski definition) is 0. The van der Waals surface area contributed by atoms with E-state index in [-0.39, 0.29) is 5.41 Å². The van der Waals surface area contributed by atoms with E-state index in [0.29, 0.717) is 0 Å². The summed E-state index contributed by atoms with van der Waals surface area (Å²) in [6, 6.07) is 26.8. The number of fused-ring (bicyclic) bond motifs is 4. The van der Waals surface area contributed by atoms with Crippen LogP contribution in [0.25, 0.3) is 32.7 Å². The van der Waals surface area contributed by atoms with E-state index < -0.39 is 0 Å². The van der Waals surface area contributed by atoms with E-state index in [1.807, 2.05) is 0 Å². The third kappa shape index (κ3) is 1.56. The van der Waals surface area contributed by atoms with E-state index in [0.717, 1.165) is 0 Å². The molecule has 0 saturated carbocycles. The highest BCUT2D eigenvalue weighted by Gasteiger charge is 2.33. The van der Waals surface area contributed by atoms with Crippen LogP contribution in [0, 0.1) is 0 Å². The molecule has 0 atom stereocenters. The monoisotopic (exact) mass is 294 g/mol. The van der Waals surface area contributed by atoms with Crippen LogP contribution in [0.1, 0.15) is 25.0 Å². The minimum atomic E-state index is 0.0211. The first-order chi connectivity index (χ1) is 11.2. The highest BCUT2D eigenvalue weighted by molar-refractivity contribution is 6.10. The third-order valence-electron chi connectivity index (χ3n) is 5.45. The summed E-state index contributed by atoms with van der Waals surface area (Å²) in [5.74, 6) is 0. The molecular weight excluding hydrogens is 276 g/mol. The van der Waals surface area contributed by atoms with Gasteiger partial charge in [0.05, 0.1) is 0 Å². The summed E-state index contributed by atoms with van der Waals surface area (Å²) in [6.07, 6.45) is 0. The smallest absolute Gasteiger partial charge is 0.0159 e. The largest absolute Gasteiger partial charge is 0.0616 e. The van der Waals surface area contributed by atoms with Crippen molar-refractivity contribution in [2.45, 2.75) is 19.3 Å². The molecule has 23 heavy (non-hydrogen) atoms. The Balaban J connectivity index is 2.09. The van der Waals surface area contributed by atoms with Crippen molar-refractivity contribution in [1.82, 2.24) is 0 Å². The Bertz CT molecular complexity index is 1080. The summed E-state index contributed by atoms with van der Waals surface area (Å²) >= 11 is 0. The van der Waals surface area contributed by atoms with E-state index in [2.05, 4.69) is 86.6 Å². The maximum atomic E-state index is 2.35. The first kappa shape index (κ1) is 12.9. The van der Waals surface area contributed by atoms with Crippen LogP contribution in [0.5, 0.6) is 0 Å². The van der Waals surface area contributed by atoms with Gasteiger partial charge in [0.1, 0.15) is 0 Å². The van der Waals surface area contributed by atoms with Crippen molar-refractivity contribution in [1.29, 1.82) is 0 Å². The molecule has 4 aromatic carbocycles. The molecule has 0 nitrogen and oxygen atoms in total. The average molecular weight is 294 g/mol. The van der Waals surface area contributed by atoms with Crippen LogP contribution in [0.4, 0.5) is 0 Å². The lowest BCUT2D eigenvalue weighted by atomic mass is 9.67. The Kier molecular flexibility index (Phi) is 2.37. The molecule has 0 heterocycles. The Morgan fingerprint density at radius 1 is 0.609 bits per heavy atom. The molecule has 0 amide bonds. The maximum Gasteiger partial charge on any atom is 0.0159 e. The lowest BCUT2D eigenvalue weighted by Gasteiger charge is -2.35. The zero-order valence-electron chi connectivity index (χ0n) is 13.4. The fourth-order valence-electron chi connectivity index (χ4n) is 4.30. The van der Waals surface area contributed by atoms with Crippen molar-refractivity contribution in [3.8, 4) is 11.1 Å². The molecule has 0 N–H and O–H groups in total. The fraction of sp³-hybridized carbons (Fsp3) is 0.130. The lowest BCUT2D eigenvalue weighted by molar-refractivity contribution is 0.646. The summed E-state index contributed by atoms with van der Waals surface area (Å²) in [6.45, 7) is 4.70. The van der Waals surface area contributed by atoms with E-state index in [4.69, 9.17) is 0 Å². The quantitative estimate of drug-likeness (QED) is 0.357. The molecule has 0 bridgehead atoms. The average Bonchev–Trinajstić information content (AvgIpc) is 2.59. The molecule has 0 fully saturated rings. The summed E-state index contributed by atoms with van der Waals surface area (Å²) in [7, 11) is 0. The van der Waals surface area contributed by atoms with Crippen LogP contribution in [0.3, 0.4) is 0 Å². The van der Waals surface area contributed by atoms with Crippen LogP contribution in [0.15, 0.2) is 72.8 Å². The van der Waals surface area contributed by atoms with E-state index >= 15 is 0 Å². The van der Waals surface area contributed by atoms with Gasteiger partial charge < -0.3 is 0 Å². The number of benzene rings is 4. The number of rotatable bonds is 0. The standard InChI is InChI=1S/C23H18/c1-23(2)19-12-6-9-16-8-5-11-18(21(16)19)22-17-10-4-3-7-15(17)13-14-20(22)23/h3-14H,1-2H3. The van der Waals surface area contributed by atoms with Crippen molar-refractivity contribution in [2.75, 3.05) is 0 Å². The Hall–Kier alpha value is -2.60. The molecule has 110 valence electrons. The molecule has 5 rings (SSSR count). The van der Waals surface area contributed by atoms with Gasteiger partial charge in [-0.15, -0.1) is 0 Å². The molecule has 4 aromatic rings. The molecule has 0 aromatic heterocycles. The van der Waals surface area contributed by atoms with Gasteiger partial charge in [0.15, 0.2) is 0 Å². The molecule has 0 radical (unpaired) electrons. The second kappa shape index (κ2) is 4.23. The van der Waals surface area contributed by atoms with Crippen LogP contribution in [0.2, 0.25) is 0 Å². The zero-order valence-corrected chi connectivity index (χ0v) is 13.4. The Labute approximate surface area is 136 Å². The molecular formula is C23H18. The van der Waals surface area contributed by atoms with E-state index in [1.165, 1.54) is 43.8 Å². The highest BCUT2D eigenvalue weighted by Crippen LogP contribution is 2.50. The fourth-order valence-corrected chi connectivity index (χ4v) is 4.30. The normalized spacial score (nSPS) is 14.9. The highest BCUT2D eigenvalue weighted by atomic mass is 14.4. The summed E-state index contributed by atoms with van der Waals surface area (Å²) in [5, 5.41) is 5.44. The van der Waals surface area contributed by atoms with Crippen molar-refractivity contribution < 1.29 is 0 Å². The van der Waals surface area contributed by atoms with Gasteiger partial charge in [-0.05, 0) is 43.8 Å². The summed E-state index contributed by atoms with van der Waals surface area (Å²) < 4.78 is 0. The molecule has 0 spiro atoms. The minimum absolute atomic E-state index is 0.0211. The second-order valence-corrected chi connectivity index (χ2v) is 7.04. The minimum Gasteiger partial charge on any atom is -0.0616 e. The SMILES string of the molecule is CC1(C)c2ccc3ccccc3c2-c2cccc3cccc1c23. The topological polar surface area (TPSA) is 0 Å². The van der Waals surface area contributed by atoms with Gasteiger partial charge in [-0.25, -0.2) is 0 Å². The molecule has 0 saturated heterocycles. The van der Waals surface area contributed by atoms with Crippen molar-refractivity contribution in [2.24, 2.45) is 0 Å². The van der Waals surface area contributed by atoms with Gasteiger partial charge in [0.25, 0.3) is 0 Å². The second-order valence-electron chi connectivity index (χ2n) is 7.04. The van der Waals surface area contributed by atoms with Gasteiger partial charge in [0.2, 0.25) is 0 Å². The van der Waals surface area contributed by atoms with Crippen LogP contribution in [-0.2, 0) is 5.41 Å². The molecule has 1 aliphatic carbocycles. The van der Waals surface area contributed by atoms with Gasteiger partial charge >= 0.3 is 0 Å². The van der Waals surface area contributed by atoms with Crippen molar-refractivity contribution >= 4 is 21.5 Å². The van der Waals surface area contributed by atoms with Crippen molar-refractivity contribution in [3.63, 3.8) is 0 Å². The van der Waals surface area contributed by atoms with Crippen LogP contribution >= 0.6 is 0 Å². The lowest BCUT2D eigenvalue weighted by Crippen LogP contribution is -2.23. The predicted molar refractivity (Wildman–Crippen MR) is 99.0 cm³/mol. The third-order valence-corrected chi connectivity index (χ3v) is 5.45. The predicted octanol–water partition coefficient (Wildman–Crippen LogP) is 6.30. The maximum absolute atomic E-state index is 2.35. The van der Waals surface area contributed by atoms with E-state index in [1.54, 1.807) is 0 Å². The molecule has 1 aliphatic rings. The Morgan fingerprint density at radius 2 is 1.35 bits per heavy atom. The van der Waals surface area contributed by atoms with Gasteiger partial charge in [-0.2, -0.15) is 0 Å².